The molecular weight excluding hydrogens is 340 g/mol. The quantitative estimate of drug-likeness (QED) is 0.832. The smallest absolute Gasteiger partial charge is 0.251 e. The Morgan fingerprint density at radius 2 is 2.32 bits per heavy atom. The number of pyridine rings is 1. The number of amides is 2. The predicted octanol–water partition coefficient (Wildman–Crippen LogP) is 1.07. The van der Waals surface area contributed by atoms with E-state index >= 15 is 0 Å². The number of nitrogens with zero attached hydrogens (tertiary/aromatic N) is 2. The Kier molecular flexibility index (Phi) is 5.40. The van der Waals surface area contributed by atoms with Gasteiger partial charge in [0.1, 0.15) is 6.61 Å². The summed E-state index contributed by atoms with van der Waals surface area (Å²) in [6.07, 6.45) is 3.16. The summed E-state index contributed by atoms with van der Waals surface area (Å²) in [5, 5.41) is 6.68. The number of carbonyl (C=O) groups is 2. The van der Waals surface area contributed by atoms with E-state index < -0.39 is 12.1 Å². The van der Waals surface area contributed by atoms with Gasteiger partial charge in [-0.05, 0) is 25.5 Å². The van der Waals surface area contributed by atoms with E-state index in [1.54, 1.807) is 29.8 Å². The molecule has 1 fully saturated rings. The SMILES string of the molecule is Cc1nc(CCNC(=O)[C@H]2OCC(=O)N[C@@H]2c2cccnc2)sc1C. The molecule has 1 saturated heterocycles. The molecule has 2 N–H and O–H groups in total. The Hall–Kier alpha value is -2.32. The number of hydrogen-bond acceptors (Lipinski definition) is 6. The molecule has 0 saturated carbocycles. The van der Waals surface area contributed by atoms with Gasteiger partial charge in [-0.25, -0.2) is 4.98 Å². The van der Waals surface area contributed by atoms with E-state index in [9.17, 15) is 9.59 Å². The van der Waals surface area contributed by atoms with Gasteiger partial charge in [0.15, 0.2) is 6.10 Å². The molecule has 132 valence electrons. The molecule has 2 atom stereocenters. The molecular formula is C17H20N4O3S. The molecule has 7 nitrogen and oxygen atoms in total. The van der Waals surface area contributed by atoms with Gasteiger partial charge >= 0.3 is 0 Å². The molecule has 3 heterocycles. The van der Waals surface area contributed by atoms with Crippen molar-refractivity contribution in [3.05, 3.63) is 45.7 Å². The van der Waals surface area contributed by atoms with Gasteiger partial charge in [0.05, 0.1) is 16.7 Å². The zero-order valence-electron chi connectivity index (χ0n) is 14.1. The highest BCUT2D eigenvalue weighted by atomic mass is 32.1. The average Bonchev–Trinajstić information content (AvgIpc) is 2.93. The molecule has 8 heteroatoms. The van der Waals surface area contributed by atoms with Crippen molar-refractivity contribution in [2.24, 2.45) is 0 Å². The molecule has 2 amide bonds. The van der Waals surface area contributed by atoms with Crippen LogP contribution in [0, 0.1) is 13.8 Å². The van der Waals surface area contributed by atoms with Gasteiger partial charge in [-0.15, -0.1) is 11.3 Å². The van der Waals surface area contributed by atoms with Crippen LogP contribution in [0.2, 0.25) is 0 Å². The Bertz CT molecular complexity index is 743. The minimum atomic E-state index is -0.776. The second kappa shape index (κ2) is 7.71. The highest BCUT2D eigenvalue weighted by molar-refractivity contribution is 7.11. The number of rotatable bonds is 5. The maximum atomic E-state index is 12.5. The van der Waals surface area contributed by atoms with E-state index in [0.717, 1.165) is 16.3 Å². The molecule has 3 rings (SSSR count). The zero-order valence-corrected chi connectivity index (χ0v) is 14.9. The summed E-state index contributed by atoms with van der Waals surface area (Å²) in [6, 6.07) is 3.03. The van der Waals surface area contributed by atoms with Crippen LogP contribution in [0.15, 0.2) is 24.5 Å². The topological polar surface area (TPSA) is 93.2 Å². The third-order valence-electron chi connectivity index (χ3n) is 4.03. The summed E-state index contributed by atoms with van der Waals surface area (Å²) in [5.74, 6) is -0.495. The number of ether oxygens (including phenoxy) is 1. The Labute approximate surface area is 149 Å². The summed E-state index contributed by atoms with van der Waals surface area (Å²) in [7, 11) is 0. The Balaban J connectivity index is 1.61. The molecule has 1 aliphatic heterocycles. The lowest BCUT2D eigenvalue weighted by Gasteiger charge is -2.31. The maximum absolute atomic E-state index is 12.5. The first-order valence-corrected chi connectivity index (χ1v) is 8.88. The van der Waals surface area contributed by atoms with Crippen LogP contribution >= 0.6 is 11.3 Å². The molecule has 0 spiro atoms. The second-order valence-corrected chi connectivity index (χ2v) is 7.14. The fraction of sp³-hybridized carbons (Fsp3) is 0.412. The third kappa shape index (κ3) is 4.21. The molecule has 25 heavy (non-hydrogen) atoms. The maximum Gasteiger partial charge on any atom is 0.251 e. The van der Waals surface area contributed by atoms with Crippen LogP contribution in [-0.4, -0.2) is 41.0 Å². The fourth-order valence-corrected chi connectivity index (χ4v) is 3.57. The molecule has 2 aromatic rings. The summed E-state index contributed by atoms with van der Waals surface area (Å²) >= 11 is 1.64. The number of hydrogen-bond donors (Lipinski definition) is 2. The number of aromatic nitrogens is 2. The highest BCUT2D eigenvalue weighted by Crippen LogP contribution is 2.22. The van der Waals surface area contributed by atoms with Crippen molar-refractivity contribution >= 4 is 23.2 Å². The number of nitrogens with one attached hydrogen (secondary N) is 2. The average molecular weight is 360 g/mol. The zero-order chi connectivity index (χ0) is 17.8. The normalized spacial score (nSPS) is 20.2. The van der Waals surface area contributed by atoms with Crippen LogP contribution < -0.4 is 10.6 Å². The third-order valence-corrected chi connectivity index (χ3v) is 5.16. The van der Waals surface area contributed by atoms with E-state index in [4.69, 9.17) is 4.74 Å². The van der Waals surface area contributed by atoms with E-state index in [-0.39, 0.29) is 18.4 Å². The molecule has 0 aromatic carbocycles. The van der Waals surface area contributed by atoms with Crippen molar-refractivity contribution in [1.29, 1.82) is 0 Å². The van der Waals surface area contributed by atoms with Gasteiger partial charge in [-0.1, -0.05) is 6.07 Å². The largest absolute Gasteiger partial charge is 0.356 e. The predicted molar refractivity (Wildman–Crippen MR) is 93.2 cm³/mol. The van der Waals surface area contributed by atoms with Crippen LogP contribution in [0.3, 0.4) is 0 Å². The van der Waals surface area contributed by atoms with Crippen molar-refractivity contribution in [2.45, 2.75) is 32.4 Å². The van der Waals surface area contributed by atoms with Crippen LogP contribution in [-0.2, 0) is 20.7 Å². The van der Waals surface area contributed by atoms with Gasteiger partial charge in [0.25, 0.3) is 5.91 Å². The Morgan fingerprint density at radius 3 is 3.00 bits per heavy atom. The molecule has 0 aliphatic carbocycles. The first-order chi connectivity index (χ1) is 12.0. The second-order valence-electron chi connectivity index (χ2n) is 5.85. The summed E-state index contributed by atoms with van der Waals surface area (Å²) < 4.78 is 5.48. The van der Waals surface area contributed by atoms with Crippen LogP contribution in [0.4, 0.5) is 0 Å². The molecule has 2 aromatic heterocycles. The van der Waals surface area contributed by atoms with Crippen molar-refractivity contribution in [3.63, 3.8) is 0 Å². The van der Waals surface area contributed by atoms with Crippen molar-refractivity contribution in [3.8, 4) is 0 Å². The number of thiazole rings is 1. The summed E-state index contributed by atoms with van der Waals surface area (Å²) in [5.41, 5.74) is 1.77. The molecule has 0 unspecified atom stereocenters. The molecule has 0 bridgehead atoms. The van der Waals surface area contributed by atoms with E-state index in [2.05, 4.69) is 20.6 Å². The first-order valence-electron chi connectivity index (χ1n) is 8.06. The van der Waals surface area contributed by atoms with Gasteiger partial charge in [-0.2, -0.15) is 0 Å². The van der Waals surface area contributed by atoms with E-state index in [1.165, 1.54) is 4.88 Å². The van der Waals surface area contributed by atoms with Gasteiger partial charge in [-0.3, -0.25) is 14.6 Å². The van der Waals surface area contributed by atoms with E-state index in [0.29, 0.717) is 13.0 Å². The first kappa shape index (κ1) is 17.5. The van der Waals surface area contributed by atoms with Crippen LogP contribution in [0.25, 0.3) is 0 Å². The lowest BCUT2D eigenvalue weighted by Crippen LogP contribution is -2.52. The lowest BCUT2D eigenvalue weighted by molar-refractivity contribution is -0.148. The molecule has 1 aliphatic rings. The molecule has 0 radical (unpaired) electrons. The van der Waals surface area contributed by atoms with Crippen molar-refractivity contribution < 1.29 is 14.3 Å². The lowest BCUT2D eigenvalue weighted by atomic mass is 10.0. The monoisotopic (exact) mass is 360 g/mol. The summed E-state index contributed by atoms with van der Waals surface area (Å²) in [6.45, 7) is 4.36. The number of morpholine rings is 1. The Morgan fingerprint density at radius 1 is 1.48 bits per heavy atom. The van der Waals surface area contributed by atoms with Gasteiger partial charge in [0, 0.05) is 30.2 Å². The van der Waals surface area contributed by atoms with Crippen molar-refractivity contribution in [2.75, 3.05) is 13.2 Å². The number of aryl methyl sites for hydroxylation is 2. The van der Waals surface area contributed by atoms with Gasteiger partial charge in [0.2, 0.25) is 5.91 Å². The van der Waals surface area contributed by atoms with E-state index in [1.807, 2.05) is 19.9 Å². The minimum absolute atomic E-state index is 0.125. The fourth-order valence-electron chi connectivity index (χ4n) is 2.64. The summed E-state index contributed by atoms with van der Waals surface area (Å²) in [4.78, 5) is 33.9. The van der Waals surface area contributed by atoms with Crippen LogP contribution in [0.5, 0.6) is 0 Å². The van der Waals surface area contributed by atoms with Crippen LogP contribution in [0.1, 0.15) is 27.2 Å². The van der Waals surface area contributed by atoms with Gasteiger partial charge < -0.3 is 15.4 Å². The minimum Gasteiger partial charge on any atom is -0.356 e. The highest BCUT2D eigenvalue weighted by Gasteiger charge is 2.36. The number of carbonyl (C=O) groups excluding carboxylic acids is 2. The standard InChI is InChI=1S/C17H20N4O3S/c1-10-11(2)25-14(20-10)5-7-19-17(23)16-15(21-13(22)9-24-16)12-4-3-6-18-8-12/h3-4,6,8,15-16H,5,7,9H2,1-2H3,(H,19,23)(H,21,22)/t15-,16+/m1/s1. The van der Waals surface area contributed by atoms with Crippen molar-refractivity contribution in [1.82, 2.24) is 20.6 Å².